The lowest BCUT2D eigenvalue weighted by Gasteiger charge is -2.40. The van der Waals surface area contributed by atoms with E-state index in [1.165, 1.54) is 12.1 Å². The van der Waals surface area contributed by atoms with Gasteiger partial charge in [0.1, 0.15) is 5.82 Å². The molecule has 2 aromatic carbocycles. The Morgan fingerprint density at radius 1 is 1.00 bits per heavy atom. The van der Waals surface area contributed by atoms with Gasteiger partial charge in [-0.1, -0.05) is 30.3 Å². The summed E-state index contributed by atoms with van der Waals surface area (Å²) >= 11 is 0. The summed E-state index contributed by atoms with van der Waals surface area (Å²) in [5, 5.41) is 2.88. The Kier molecular flexibility index (Phi) is 8.00. The number of halogens is 1. The van der Waals surface area contributed by atoms with Crippen LogP contribution in [0.5, 0.6) is 0 Å². The molecule has 3 amide bonds. The number of hydrogen-bond acceptors (Lipinski definition) is 5. The van der Waals surface area contributed by atoms with Crippen LogP contribution in [-0.2, 0) is 9.53 Å². The van der Waals surface area contributed by atoms with Gasteiger partial charge in [0.25, 0.3) is 5.91 Å². The molecule has 0 radical (unpaired) electrons. The van der Waals surface area contributed by atoms with Crippen LogP contribution in [0.4, 0.5) is 9.18 Å². The van der Waals surface area contributed by atoms with Gasteiger partial charge in [-0.3, -0.25) is 14.6 Å². The fraction of sp³-hybridized carbons (Fsp3) is 0.370. The normalized spacial score (nSPS) is 18.8. The number of urea groups is 1. The van der Waals surface area contributed by atoms with Crippen LogP contribution in [-0.4, -0.2) is 78.5 Å². The number of carbonyl (C=O) groups is 3. The molecule has 0 spiro atoms. The van der Waals surface area contributed by atoms with Crippen molar-refractivity contribution in [3.63, 3.8) is 0 Å². The summed E-state index contributed by atoms with van der Waals surface area (Å²) in [4.78, 5) is 44.5. The lowest BCUT2D eigenvalue weighted by Crippen LogP contribution is -2.53. The minimum atomic E-state index is -0.754. The summed E-state index contributed by atoms with van der Waals surface area (Å²) in [6, 6.07) is 13.8. The van der Waals surface area contributed by atoms with E-state index in [0.29, 0.717) is 61.7 Å². The Morgan fingerprint density at radius 3 is 2.28 bits per heavy atom. The van der Waals surface area contributed by atoms with Crippen molar-refractivity contribution >= 4 is 17.9 Å². The molecule has 0 aromatic heterocycles. The zero-order valence-corrected chi connectivity index (χ0v) is 20.6. The quantitative estimate of drug-likeness (QED) is 0.598. The molecular weight excluding hydrogens is 463 g/mol. The highest BCUT2D eigenvalue weighted by Crippen LogP contribution is 2.32. The number of esters is 1. The van der Waals surface area contributed by atoms with E-state index < -0.39 is 17.8 Å². The van der Waals surface area contributed by atoms with Crippen molar-refractivity contribution in [2.45, 2.75) is 19.9 Å². The number of nitrogens with one attached hydrogen (secondary N) is 1. The predicted molar refractivity (Wildman–Crippen MR) is 132 cm³/mol. The molecule has 4 rings (SSSR count). The van der Waals surface area contributed by atoms with E-state index in [-0.39, 0.29) is 18.5 Å². The number of rotatable bonds is 7. The Labute approximate surface area is 210 Å². The third-order valence-electron chi connectivity index (χ3n) is 6.51. The molecule has 8 nitrogen and oxygen atoms in total. The van der Waals surface area contributed by atoms with E-state index in [0.717, 1.165) is 0 Å². The van der Waals surface area contributed by atoms with Gasteiger partial charge in [0, 0.05) is 50.5 Å². The van der Waals surface area contributed by atoms with E-state index >= 15 is 0 Å². The van der Waals surface area contributed by atoms with Gasteiger partial charge in [-0.15, -0.1) is 0 Å². The molecule has 1 saturated heterocycles. The first-order chi connectivity index (χ1) is 17.4. The molecule has 1 atom stereocenters. The van der Waals surface area contributed by atoms with E-state index in [1.807, 2.05) is 30.0 Å². The molecule has 2 aliphatic heterocycles. The van der Waals surface area contributed by atoms with Crippen LogP contribution in [0.3, 0.4) is 0 Å². The number of benzene rings is 2. The molecule has 1 N–H and O–H groups in total. The minimum absolute atomic E-state index is 0.00900. The summed E-state index contributed by atoms with van der Waals surface area (Å²) < 4.78 is 19.0. The van der Waals surface area contributed by atoms with Crippen molar-refractivity contribution in [2.75, 3.05) is 45.9 Å². The first-order valence-corrected chi connectivity index (χ1v) is 12.2. The maximum absolute atomic E-state index is 13.6. The van der Waals surface area contributed by atoms with Crippen molar-refractivity contribution in [1.29, 1.82) is 0 Å². The van der Waals surface area contributed by atoms with Gasteiger partial charge < -0.3 is 15.0 Å². The number of piperazine rings is 1. The van der Waals surface area contributed by atoms with Crippen LogP contribution >= 0.6 is 0 Å². The number of carbonyl (C=O) groups excluding carboxylic acids is 3. The monoisotopic (exact) mass is 494 g/mol. The van der Waals surface area contributed by atoms with Crippen LogP contribution in [0.25, 0.3) is 0 Å². The average molecular weight is 495 g/mol. The zero-order valence-electron chi connectivity index (χ0n) is 20.6. The molecule has 1 fully saturated rings. The van der Waals surface area contributed by atoms with E-state index in [1.54, 1.807) is 36.1 Å². The number of likely N-dealkylation sites (N-methyl/N-ethyl adjacent to an activating group) is 1. The first kappa shape index (κ1) is 25.4. The second-order valence-corrected chi connectivity index (χ2v) is 8.69. The molecule has 1 unspecified atom stereocenters. The molecule has 2 aromatic rings. The topological polar surface area (TPSA) is 82.2 Å². The first-order valence-electron chi connectivity index (χ1n) is 12.2. The van der Waals surface area contributed by atoms with Crippen LogP contribution < -0.4 is 5.32 Å². The van der Waals surface area contributed by atoms with Gasteiger partial charge in [0.15, 0.2) is 0 Å². The van der Waals surface area contributed by atoms with Crippen molar-refractivity contribution in [3.8, 4) is 0 Å². The SMILES string of the molecule is CCOC(=O)C1=C(CN2CCN(C(=O)c3ccccc3)CC2)N(CC)C(=O)NC1c1ccc(F)cc1. The van der Waals surface area contributed by atoms with Crippen molar-refractivity contribution in [3.05, 3.63) is 82.8 Å². The summed E-state index contributed by atoms with van der Waals surface area (Å²) in [6.45, 7) is 6.74. The Balaban J connectivity index is 1.59. The molecular formula is C27H31FN4O4. The molecule has 0 aliphatic carbocycles. The molecule has 2 heterocycles. The zero-order chi connectivity index (χ0) is 25.7. The Bertz CT molecular complexity index is 1130. The molecule has 36 heavy (non-hydrogen) atoms. The summed E-state index contributed by atoms with van der Waals surface area (Å²) in [5.41, 5.74) is 2.16. The third kappa shape index (κ3) is 5.41. The number of hydrogen-bond donors (Lipinski definition) is 1. The van der Waals surface area contributed by atoms with Gasteiger partial charge in [0.05, 0.1) is 18.2 Å². The summed E-state index contributed by atoms with van der Waals surface area (Å²) in [7, 11) is 0. The molecule has 2 aliphatic rings. The second-order valence-electron chi connectivity index (χ2n) is 8.69. The fourth-order valence-electron chi connectivity index (χ4n) is 4.65. The number of ether oxygens (including phenoxy) is 1. The summed E-state index contributed by atoms with van der Waals surface area (Å²) in [6.07, 6.45) is 0. The van der Waals surface area contributed by atoms with Gasteiger partial charge in [0.2, 0.25) is 0 Å². The van der Waals surface area contributed by atoms with Crippen LogP contribution in [0.15, 0.2) is 65.9 Å². The van der Waals surface area contributed by atoms with Crippen molar-refractivity contribution < 1.29 is 23.5 Å². The van der Waals surface area contributed by atoms with E-state index in [9.17, 15) is 18.8 Å². The van der Waals surface area contributed by atoms with Gasteiger partial charge in [-0.25, -0.2) is 14.0 Å². The Morgan fingerprint density at radius 2 is 1.67 bits per heavy atom. The molecule has 9 heteroatoms. The van der Waals surface area contributed by atoms with Gasteiger partial charge in [-0.05, 0) is 43.7 Å². The Hall–Kier alpha value is -3.72. The number of nitrogens with zero attached hydrogens (tertiary/aromatic N) is 3. The highest BCUT2D eigenvalue weighted by Gasteiger charge is 2.38. The van der Waals surface area contributed by atoms with Crippen molar-refractivity contribution in [1.82, 2.24) is 20.0 Å². The minimum Gasteiger partial charge on any atom is -0.463 e. The molecule has 0 bridgehead atoms. The maximum Gasteiger partial charge on any atom is 0.338 e. The highest BCUT2D eigenvalue weighted by molar-refractivity contribution is 5.95. The average Bonchev–Trinajstić information content (AvgIpc) is 2.89. The van der Waals surface area contributed by atoms with Crippen LogP contribution in [0, 0.1) is 5.82 Å². The lowest BCUT2D eigenvalue weighted by molar-refractivity contribution is -0.139. The smallest absolute Gasteiger partial charge is 0.338 e. The van der Waals surface area contributed by atoms with Gasteiger partial charge in [-0.2, -0.15) is 0 Å². The second kappa shape index (κ2) is 11.3. The molecule has 0 saturated carbocycles. The van der Waals surface area contributed by atoms with E-state index in [2.05, 4.69) is 10.2 Å². The van der Waals surface area contributed by atoms with Gasteiger partial charge >= 0.3 is 12.0 Å². The fourth-order valence-corrected chi connectivity index (χ4v) is 4.65. The molecule has 190 valence electrons. The third-order valence-corrected chi connectivity index (χ3v) is 6.51. The largest absolute Gasteiger partial charge is 0.463 e. The maximum atomic E-state index is 13.6. The standard InChI is InChI=1S/C27H31FN4O4/c1-3-32-22(18-30-14-16-31(17-15-30)25(33)20-8-6-5-7-9-20)23(26(34)36-4-2)24(29-27(32)35)19-10-12-21(28)13-11-19/h5-13,24H,3-4,14-18H2,1-2H3,(H,29,35). The highest BCUT2D eigenvalue weighted by atomic mass is 19.1. The van der Waals surface area contributed by atoms with E-state index in [4.69, 9.17) is 4.74 Å². The lowest BCUT2D eigenvalue weighted by atomic mass is 9.94. The number of amides is 3. The summed E-state index contributed by atoms with van der Waals surface area (Å²) in [5.74, 6) is -0.927. The predicted octanol–water partition coefficient (Wildman–Crippen LogP) is 3.19. The van der Waals surface area contributed by atoms with Crippen LogP contribution in [0.2, 0.25) is 0 Å². The van der Waals surface area contributed by atoms with Crippen LogP contribution in [0.1, 0.15) is 35.8 Å². The van der Waals surface area contributed by atoms with Crippen molar-refractivity contribution in [2.24, 2.45) is 0 Å².